The molecule has 2 aliphatic heterocycles. The molecule has 2 saturated heterocycles. The fourth-order valence-corrected chi connectivity index (χ4v) is 4.84. The molecule has 0 N–H and O–H groups in total. The van der Waals surface area contributed by atoms with Crippen molar-refractivity contribution in [3.8, 4) is 5.75 Å². The molecular weight excluding hydrogens is 348 g/mol. The topological polar surface area (TPSA) is 24.9 Å². The van der Waals surface area contributed by atoms with Gasteiger partial charge in [0.1, 0.15) is 5.75 Å². The lowest BCUT2D eigenvalue weighted by Gasteiger charge is -2.39. The van der Waals surface area contributed by atoms with Gasteiger partial charge in [-0.15, -0.1) is 0 Å². The first-order valence-electron chi connectivity index (χ1n) is 10.2. The second kappa shape index (κ2) is 8.47. The lowest BCUT2D eigenvalue weighted by Crippen LogP contribution is -2.45. The molecule has 1 aromatic rings. The second-order valence-corrected chi connectivity index (χ2v) is 8.50. The van der Waals surface area contributed by atoms with Gasteiger partial charge in [0, 0.05) is 30.7 Å². The average molecular weight is 379 g/mol. The third kappa shape index (κ3) is 4.36. The van der Waals surface area contributed by atoms with Crippen molar-refractivity contribution >= 4 is 11.6 Å². The molecule has 0 bridgehead atoms. The molecule has 0 aromatic heterocycles. The highest BCUT2D eigenvalue weighted by molar-refractivity contribution is 6.31. The third-order valence-electron chi connectivity index (χ3n) is 6.23. The van der Waals surface area contributed by atoms with Crippen molar-refractivity contribution in [2.45, 2.75) is 44.8 Å². The summed E-state index contributed by atoms with van der Waals surface area (Å²) in [4.78, 5) is 5.04. The molecule has 0 unspecified atom stereocenters. The van der Waals surface area contributed by atoms with Crippen LogP contribution in [-0.4, -0.2) is 61.8 Å². The van der Waals surface area contributed by atoms with Crippen LogP contribution < -0.4 is 4.74 Å². The van der Waals surface area contributed by atoms with E-state index in [2.05, 4.69) is 28.9 Å². The van der Waals surface area contributed by atoms with Crippen LogP contribution in [0, 0.1) is 5.92 Å². The van der Waals surface area contributed by atoms with Gasteiger partial charge in [-0.05, 0) is 69.3 Å². The maximum absolute atomic E-state index is 6.58. The number of nitrogens with zero attached hydrogens (tertiary/aromatic N) is 2. The smallest absolute Gasteiger partial charge is 0.121 e. The second-order valence-electron chi connectivity index (χ2n) is 8.09. The van der Waals surface area contributed by atoms with E-state index in [4.69, 9.17) is 21.1 Å². The first-order valence-corrected chi connectivity index (χ1v) is 10.6. The van der Waals surface area contributed by atoms with E-state index in [9.17, 15) is 0 Å². The zero-order valence-electron chi connectivity index (χ0n) is 15.8. The lowest BCUT2D eigenvalue weighted by molar-refractivity contribution is 0.000134. The molecule has 1 atom stereocenters. The molecule has 5 heteroatoms. The predicted molar refractivity (Wildman–Crippen MR) is 105 cm³/mol. The molecule has 0 amide bonds. The van der Waals surface area contributed by atoms with Crippen molar-refractivity contribution in [2.75, 3.05) is 45.9 Å². The number of likely N-dealkylation sites (tertiary alicyclic amines) is 1. The molecule has 3 fully saturated rings. The molecule has 26 heavy (non-hydrogen) atoms. The average Bonchev–Trinajstić information content (AvgIpc) is 3.15. The van der Waals surface area contributed by atoms with Crippen molar-refractivity contribution in [1.29, 1.82) is 0 Å². The van der Waals surface area contributed by atoms with Crippen LogP contribution in [0.4, 0.5) is 0 Å². The molecule has 1 saturated carbocycles. The van der Waals surface area contributed by atoms with Crippen LogP contribution in [0.25, 0.3) is 0 Å². The zero-order valence-corrected chi connectivity index (χ0v) is 16.6. The molecule has 0 spiro atoms. The molecule has 4 rings (SSSR count). The first-order chi connectivity index (χ1) is 12.7. The molecule has 144 valence electrons. The minimum atomic E-state index is 0.346. The molecule has 0 radical (unpaired) electrons. The van der Waals surface area contributed by atoms with Crippen LogP contribution in [0.15, 0.2) is 18.2 Å². The van der Waals surface area contributed by atoms with E-state index < -0.39 is 0 Å². The van der Waals surface area contributed by atoms with Gasteiger partial charge in [-0.25, -0.2) is 0 Å². The lowest BCUT2D eigenvalue weighted by atomic mass is 9.82. The normalized spacial score (nSPS) is 28.7. The highest BCUT2D eigenvalue weighted by Crippen LogP contribution is 2.36. The monoisotopic (exact) mass is 378 g/mol. The fraction of sp³-hybridized carbons (Fsp3) is 0.714. The van der Waals surface area contributed by atoms with E-state index in [1.807, 2.05) is 6.07 Å². The van der Waals surface area contributed by atoms with Gasteiger partial charge in [-0.3, -0.25) is 9.80 Å². The third-order valence-corrected chi connectivity index (χ3v) is 6.55. The van der Waals surface area contributed by atoms with Gasteiger partial charge < -0.3 is 9.47 Å². The molecule has 1 aliphatic carbocycles. The number of morpholine rings is 1. The van der Waals surface area contributed by atoms with Crippen molar-refractivity contribution in [1.82, 2.24) is 9.80 Å². The maximum atomic E-state index is 6.58. The van der Waals surface area contributed by atoms with Gasteiger partial charge in [0.15, 0.2) is 0 Å². The number of rotatable bonds is 6. The van der Waals surface area contributed by atoms with Gasteiger partial charge >= 0.3 is 0 Å². The van der Waals surface area contributed by atoms with Gasteiger partial charge in [0.2, 0.25) is 0 Å². The summed E-state index contributed by atoms with van der Waals surface area (Å²) < 4.78 is 11.6. The number of hydrogen-bond acceptors (Lipinski definition) is 4. The first kappa shape index (κ1) is 18.5. The van der Waals surface area contributed by atoms with E-state index >= 15 is 0 Å². The SMILES string of the molecule is C[C@H](c1ccc(OC2CC(CN3CCOCC3)C2)cc1Cl)N1CCCC1. The van der Waals surface area contributed by atoms with E-state index in [1.165, 1.54) is 38.0 Å². The summed E-state index contributed by atoms with van der Waals surface area (Å²) in [6, 6.07) is 6.66. The quantitative estimate of drug-likeness (QED) is 0.747. The predicted octanol–water partition coefficient (Wildman–Crippen LogP) is 3.99. The van der Waals surface area contributed by atoms with Crippen molar-refractivity contribution in [2.24, 2.45) is 5.92 Å². The van der Waals surface area contributed by atoms with E-state index in [1.54, 1.807) is 0 Å². The number of hydrogen-bond donors (Lipinski definition) is 0. The molecule has 4 nitrogen and oxygen atoms in total. The molecular formula is C21H31ClN2O2. The van der Waals surface area contributed by atoms with Crippen molar-refractivity contribution < 1.29 is 9.47 Å². The Morgan fingerprint density at radius 1 is 1.15 bits per heavy atom. The van der Waals surface area contributed by atoms with E-state index in [0.29, 0.717) is 12.1 Å². The number of benzene rings is 1. The summed E-state index contributed by atoms with van der Waals surface area (Å²) in [6.45, 7) is 9.74. The Morgan fingerprint density at radius 3 is 2.58 bits per heavy atom. The minimum Gasteiger partial charge on any atom is -0.490 e. The Morgan fingerprint density at radius 2 is 1.88 bits per heavy atom. The highest BCUT2D eigenvalue weighted by Gasteiger charge is 2.32. The van der Waals surface area contributed by atoms with Gasteiger partial charge in [-0.2, -0.15) is 0 Å². The van der Waals surface area contributed by atoms with Crippen LogP contribution in [0.2, 0.25) is 5.02 Å². The van der Waals surface area contributed by atoms with Crippen LogP contribution in [0.1, 0.15) is 44.2 Å². The van der Waals surface area contributed by atoms with Gasteiger partial charge in [0.05, 0.1) is 19.3 Å². The molecule has 3 aliphatic rings. The Balaban J connectivity index is 1.26. The number of halogens is 1. The fourth-order valence-electron chi connectivity index (χ4n) is 4.51. The summed E-state index contributed by atoms with van der Waals surface area (Å²) >= 11 is 6.58. The van der Waals surface area contributed by atoms with Gasteiger partial charge in [0.25, 0.3) is 0 Å². The summed E-state index contributed by atoms with van der Waals surface area (Å²) in [5.41, 5.74) is 1.22. The van der Waals surface area contributed by atoms with Crippen LogP contribution in [0.3, 0.4) is 0 Å². The number of ether oxygens (including phenoxy) is 2. The Labute approximate surface area is 162 Å². The van der Waals surface area contributed by atoms with Crippen LogP contribution in [-0.2, 0) is 4.74 Å². The van der Waals surface area contributed by atoms with Gasteiger partial charge in [-0.1, -0.05) is 17.7 Å². The maximum Gasteiger partial charge on any atom is 0.121 e. The summed E-state index contributed by atoms with van der Waals surface area (Å²) in [5.74, 6) is 1.69. The minimum absolute atomic E-state index is 0.346. The zero-order chi connectivity index (χ0) is 17.9. The standard InChI is InChI=1S/C21H31ClN2O2/c1-16(24-6-2-3-7-24)20-5-4-18(14-21(20)22)26-19-12-17(13-19)15-23-8-10-25-11-9-23/h4-5,14,16-17,19H,2-3,6-13,15H2,1H3/t16-,17?,19?/m1/s1. The summed E-state index contributed by atoms with van der Waals surface area (Å²) in [5, 5.41) is 0.839. The Hall–Kier alpha value is -0.810. The van der Waals surface area contributed by atoms with Crippen molar-refractivity contribution in [3.63, 3.8) is 0 Å². The van der Waals surface area contributed by atoms with E-state index in [-0.39, 0.29) is 0 Å². The summed E-state index contributed by atoms with van der Waals surface area (Å²) in [6.07, 6.45) is 5.26. The Kier molecular flexibility index (Phi) is 6.04. The molecule has 2 heterocycles. The Bertz CT molecular complexity index is 594. The largest absolute Gasteiger partial charge is 0.490 e. The summed E-state index contributed by atoms with van der Waals surface area (Å²) in [7, 11) is 0. The van der Waals surface area contributed by atoms with Crippen molar-refractivity contribution in [3.05, 3.63) is 28.8 Å². The van der Waals surface area contributed by atoms with Crippen LogP contribution >= 0.6 is 11.6 Å². The van der Waals surface area contributed by atoms with E-state index in [0.717, 1.165) is 55.8 Å². The highest BCUT2D eigenvalue weighted by atomic mass is 35.5. The molecule has 1 aromatic carbocycles. The van der Waals surface area contributed by atoms with Crippen LogP contribution in [0.5, 0.6) is 5.75 Å².